The SMILES string of the molecule is CC1CCCC(CN(CC(=O)O)C(C)(C)C)C1. The average molecular weight is 241 g/mol. The van der Waals surface area contributed by atoms with Gasteiger partial charge in [-0.2, -0.15) is 0 Å². The van der Waals surface area contributed by atoms with Gasteiger partial charge in [0.05, 0.1) is 6.54 Å². The molecule has 0 aromatic rings. The van der Waals surface area contributed by atoms with Gasteiger partial charge >= 0.3 is 5.97 Å². The molecule has 100 valence electrons. The topological polar surface area (TPSA) is 40.5 Å². The lowest BCUT2D eigenvalue weighted by atomic mass is 9.81. The Morgan fingerprint density at radius 3 is 2.47 bits per heavy atom. The minimum atomic E-state index is -0.719. The van der Waals surface area contributed by atoms with Crippen LogP contribution in [0.2, 0.25) is 0 Å². The van der Waals surface area contributed by atoms with Crippen molar-refractivity contribution in [1.82, 2.24) is 4.90 Å². The fourth-order valence-electron chi connectivity index (χ4n) is 2.78. The van der Waals surface area contributed by atoms with Crippen molar-refractivity contribution < 1.29 is 9.90 Å². The van der Waals surface area contributed by atoms with Crippen LogP contribution in [0, 0.1) is 11.8 Å². The maximum absolute atomic E-state index is 10.9. The molecule has 1 saturated carbocycles. The molecule has 2 atom stereocenters. The third-order valence-electron chi connectivity index (χ3n) is 3.80. The van der Waals surface area contributed by atoms with Gasteiger partial charge in [0.2, 0.25) is 0 Å². The zero-order valence-corrected chi connectivity index (χ0v) is 11.7. The molecule has 0 aromatic heterocycles. The Kier molecular flexibility index (Phi) is 4.99. The monoisotopic (exact) mass is 241 g/mol. The Morgan fingerprint density at radius 2 is 2.00 bits per heavy atom. The first-order valence-corrected chi connectivity index (χ1v) is 6.76. The molecule has 0 spiro atoms. The van der Waals surface area contributed by atoms with Crippen molar-refractivity contribution in [3.05, 3.63) is 0 Å². The molecule has 0 bridgehead atoms. The van der Waals surface area contributed by atoms with Crippen LogP contribution in [0.15, 0.2) is 0 Å². The summed E-state index contributed by atoms with van der Waals surface area (Å²) in [6, 6.07) is 0. The molecule has 1 aliphatic carbocycles. The van der Waals surface area contributed by atoms with E-state index in [1.54, 1.807) is 0 Å². The highest BCUT2D eigenvalue weighted by molar-refractivity contribution is 5.69. The Morgan fingerprint density at radius 1 is 1.35 bits per heavy atom. The van der Waals surface area contributed by atoms with E-state index in [0.29, 0.717) is 5.92 Å². The number of rotatable bonds is 4. The van der Waals surface area contributed by atoms with Gasteiger partial charge in [-0.3, -0.25) is 9.69 Å². The Balaban J connectivity index is 2.56. The van der Waals surface area contributed by atoms with E-state index < -0.39 is 5.97 Å². The quantitative estimate of drug-likeness (QED) is 0.822. The van der Waals surface area contributed by atoms with Crippen LogP contribution in [-0.4, -0.2) is 34.6 Å². The van der Waals surface area contributed by atoms with Crippen molar-refractivity contribution in [1.29, 1.82) is 0 Å². The molecular weight excluding hydrogens is 214 g/mol. The number of aliphatic carboxylic acids is 1. The van der Waals surface area contributed by atoms with Gasteiger partial charge in [-0.1, -0.05) is 19.8 Å². The summed E-state index contributed by atoms with van der Waals surface area (Å²) in [6.45, 7) is 9.70. The smallest absolute Gasteiger partial charge is 0.317 e. The molecule has 0 saturated heterocycles. The minimum Gasteiger partial charge on any atom is -0.480 e. The molecule has 1 rings (SSSR count). The number of nitrogens with zero attached hydrogens (tertiary/aromatic N) is 1. The first-order valence-electron chi connectivity index (χ1n) is 6.76. The predicted molar refractivity (Wildman–Crippen MR) is 70.1 cm³/mol. The number of carboxylic acids is 1. The molecule has 0 heterocycles. The van der Waals surface area contributed by atoms with Gasteiger partial charge in [0.15, 0.2) is 0 Å². The first-order chi connectivity index (χ1) is 7.79. The van der Waals surface area contributed by atoms with Gasteiger partial charge in [-0.05, 0) is 45.4 Å². The van der Waals surface area contributed by atoms with Crippen LogP contribution in [0.25, 0.3) is 0 Å². The molecule has 0 aromatic carbocycles. The number of hydrogen-bond acceptors (Lipinski definition) is 2. The van der Waals surface area contributed by atoms with Crippen LogP contribution < -0.4 is 0 Å². The summed E-state index contributed by atoms with van der Waals surface area (Å²) >= 11 is 0. The van der Waals surface area contributed by atoms with Gasteiger partial charge < -0.3 is 5.11 Å². The van der Waals surface area contributed by atoms with Crippen molar-refractivity contribution in [2.45, 2.75) is 58.9 Å². The Bertz CT molecular complexity index is 257. The Hall–Kier alpha value is -0.570. The maximum Gasteiger partial charge on any atom is 0.317 e. The van der Waals surface area contributed by atoms with Crippen molar-refractivity contribution >= 4 is 5.97 Å². The molecule has 3 heteroatoms. The van der Waals surface area contributed by atoms with Gasteiger partial charge in [-0.15, -0.1) is 0 Å². The largest absolute Gasteiger partial charge is 0.480 e. The van der Waals surface area contributed by atoms with E-state index in [4.69, 9.17) is 5.11 Å². The highest BCUT2D eigenvalue weighted by Gasteiger charge is 2.28. The minimum absolute atomic E-state index is 0.0565. The molecule has 1 fully saturated rings. The van der Waals surface area contributed by atoms with Gasteiger partial charge in [-0.25, -0.2) is 0 Å². The van der Waals surface area contributed by atoms with Crippen molar-refractivity contribution in [2.24, 2.45) is 11.8 Å². The molecule has 1 aliphatic rings. The zero-order chi connectivity index (χ0) is 13.1. The lowest BCUT2D eigenvalue weighted by Gasteiger charge is -2.38. The van der Waals surface area contributed by atoms with E-state index in [0.717, 1.165) is 12.5 Å². The zero-order valence-electron chi connectivity index (χ0n) is 11.7. The second kappa shape index (κ2) is 5.85. The first kappa shape index (κ1) is 14.5. The number of carboxylic acid groups (broad SMARTS) is 1. The molecular formula is C14H27NO2. The second-order valence-electron chi connectivity index (χ2n) is 6.58. The third-order valence-corrected chi connectivity index (χ3v) is 3.80. The van der Waals surface area contributed by atoms with E-state index in [-0.39, 0.29) is 12.1 Å². The van der Waals surface area contributed by atoms with Crippen LogP contribution in [0.4, 0.5) is 0 Å². The highest BCUT2D eigenvalue weighted by Crippen LogP contribution is 2.30. The molecule has 0 radical (unpaired) electrons. The van der Waals surface area contributed by atoms with Crippen LogP contribution in [-0.2, 0) is 4.79 Å². The lowest BCUT2D eigenvalue weighted by molar-refractivity contribution is -0.140. The van der Waals surface area contributed by atoms with Crippen molar-refractivity contribution in [2.75, 3.05) is 13.1 Å². The average Bonchev–Trinajstić information content (AvgIpc) is 2.14. The molecule has 3 nitrogen and oxygen atoms in total. The van der Waals surface area contributed by atoms with Crippen LogP contribution in [0.3, 0.4) is 0 Å². The molecule has 0 amide bonds. The van der Waals surface area contributed by atoms with E-state index >= 15 is 0 Å². The second-order valence-corrected chi connectivity index (χ2v) is 6.58. The molecule has 0 aliphatic heterocycles. The van der Waals surface area contributed by atoms with E-state index in [2.05, 4.69) is 32.6 Å². The molecule has 2 unspecified atom stereocenters. The van der Waals surface area contributed by atoms with Gasteiger partial charge in [0.25, 0.3) is 0 Å². The summed E-state index contributed by atoms with van der Waals surface area (Å²) in [6.07, 6.45) is 5.16. The fourth-order valence-corrected chi connectivity index (χ4v) is 2.78. The van der Waals surface area contributed by atoms with E-state index in [1.165, 1.54) is 25.7 Å². The van der Waals surface area contributed by atoms with Crippen molar-refractivity contribution in [3.63, 3.8) is 0 Å². The van der Waals surface area contributed by atoms with Crippen LogP contribution in [0.5, 0.6) is 0 Å². The summed E-state index contributed by atoms with van der Waals surface area (Å²) in [5.41, 5.74) is -0.0565. The normalized spacial score (nSPS) is 26.2. The van der Waals surface area contributed by atoms with Crippen molar-refractivity contribution in [3.8, 4) is 0 Å². The van der Waals surface area contributed by atoms with E-state index in [9.17, 15) is 4.79 Å². The summed E-state index contributed by atoms with van der Waals surface area (Å²) < 4.78 is 0. The highest BCUT2D eigenvalue weighted by atomic mass is 16.4. The maximum atomic E-state index is 10.9. The lowest BCUT2D eigenvalue weighted by Crippen LogP contribution is -2.47. The standard InChI is InChI=1S/C14H27NO2/c1-11-6-5-7-12(8-11)9-15(10-13(16)17)14(2,3)4/h11-12H,5-10H2,1-4H3,(H,16,17). The number of hydrogen-bond donors (Lipinski definition) is 1. The van der Waals surface area contributed by atoms with Crippen LogP contribution in [0.1, 0.15) is 53.4 Å². The molecule has 1 N–H and O–H groups in total. The van der Waals surface area contributed by atoms with E-state index in [1.807, 2.05) is 0 Å². The number of carbonyl (C=O) groups is 1. The molecule has 17 heavy (non-hydrogen) atoms. The predicted octanol–water partition coefficient (Wildman–Crippen LogP) is 3.00. The summed E-state index contributed by atoms with van der Waals surface area (Å²) in [5, 5.41) is 8.99. The Labute approximate surface area is 105 Å². The summed E-state index contributed by atoms with van der Waals surface area (Å²) in [7, 11) is 0. The van der Waals surface area contributed by atoms with Gasteiger partial charge in [0.1, 0.15) is 0 Å². The van der Waals surface area contributed by atoms with Crippen LogP contribution >= 0.6 is 0 Å². The van der Waals surface area contributed by atoms with Gasteiger partial charge in [0, 0.05) is 12.1 Å². The summed E-state index contributed by atoms with van der Waals surface area (Å²) in [4.78, 5) is 13.0. The third kappa shape index (κ3) is 5.07. The fraction of sp³-hybridized carbons (Fsp3) is 0.929. The summed E-state index contributed by atoms with van der Waals surface area (Å²) in [5.74, 6) is 0.765.